The first-order chi connectivity index (χ1) is 10.9. The summed E-state index contributed by atoms with van der Waals surface area (Å²) in [5.74, 6) is 0.221. The molecule has 0 aliphatic carbocycles. The van der Waals surface area contributed by atoms with Gasteiger partial charge in [-0.25, -0.2) is 0 Å². The summed E-state index contributed by atoms with van der Waals surface area (Å²) < 4.78 is 0. The van der Waals surface area contributed by atoms with E-state index in [0.717, 1.165) is 19.6 Å². The summed E-state index contributed by atoms with van der Waals surface area (Å²) in [7, 11) is 3.69. The summed E-state index contributed by atoms with van der Waals surface area (Å²) in [5, 5.41) is 0. The molecule has 0 bridgehead atoms. The maximum absolute atomic E-state index is 12.0. The van der Waals surface area contributed by atoms with Crippen molar-refractivity contribution >= 4 is 5.91 Å². The van der Waals surface area contributed by atoms with E-state index in [-0.39, 0.29) is 5.91 Å². The lowest BCUT2D eigenvalue weighted by Gasteiger charge is -2.26. The van der Waals surface area contributed by atoms with E-state index in [9.17, 15) is 4.79 Å². The predicted octanol–water partition coefficient (Wildman–Crippen LogP) is 2.04. The van der Waals surface area contributed by atoms with Gasteiger partial charge in [-0.2, -0.15) is 0 Å². The molecule has 0 aromatic heterocycles. The first kappa shape index (κ1) is 16.5. The summed E-state index contributed by atoms with van der Waals surface area (Å²) in [6, 6.07) is 8.03. The summed E-state index contributed by atoms with van der Waals surface area (Å²) in [6.45, 7) is 8.17. The Balaban J connectivity index is 1.64. The van der Waals surface area contributed by atoms with Gasteiger partial charge in [0.2, 0.25) is 5.91 Å². The normalized spacial score (nSPS) is 24.9. The number of nitrogens with zero attached hydrogens (tertiary/aromatic N) is 3. The fourth-order valence-corrected chi connectivity index (χ4v) is 4.27. The molecule has 0 saturated carbocycles. The standard InChI is InChI=1S/C19H29N3O/c1-14-9-15(2)11-16(10-14)12-21-7-5-18-17(21)6-8-22(18)13-19(23)20(3)4/h9-11,17-18H,5-8,12-13H2,1-4H3. The number of amides is 1. The van der Waals surface area contributed by atoms with Gasteiger partial charge < -0.3 is 4.90 Å². The molecule has 1 aromatic carbocycles. The largest absolute Gasteiger partial charge is 0.348 e. The van der Waals surface area contributed by atoms with Gasteiger partial charge in [-0.3, -0.25) is 14.6 Å². The summed E-state index contributed by atoms with van der Waals surface area (Å²) in [4.78, 5) is 18.7. The molecular weight excluding hydrogens is 286 g/mol. The van der Waals surface area contributed by atoms with Crippen LogP contribution in [0.1, 0.15) is 29.5 Å². The maximum Gasteiger partial charge on any atom is 0.236 e. The lowest BCUT2D eigenvalue weighted by molar-refractivity contribution is -0.130. The van der Waals surface area contributed by atoms with E-state index in [1.807, 2.05) is 14.1 Å². The number of aryl methyl sites for hydroxylation is 2. The van der Waals surface area contributed by atoms with Crippen LogP contribution in [0.4, 0.5) is 0 Å². The number of carbonyl (C=O) groups is 1. The molecule has 2 heterocycles. The molecule has 2 unspecified atom stereocenters. The quantitative estimate of drug-likeness (QED) is 0.851. The van der Waals surface area contributed by atoms with E-state index in [1.54, 1.807) is 4.90 Å². The van der Waals surface area contributed by atoms with Gasteiger partial charge in [0, 0.05) is 45.8 Å². The molecule has 0 spiro atoms. The van der Waals surface area contributed by atoms with Gasteiger partial charge in [0.05, 0.1) is 6.54 Å². The summed E-state index contributed by atoms with van der Waals surface area (Å²) >= 11 is 0. The van der Waals surface area contributed by atoms with Crippen LogP contribution in [0.15, 0.2) is 18.2 Å². The van der Waals surface area contributed by atoms with E-state index >= 15 is 0 Å². The fraction of sp³-hybridized carbons (Fsp3) is 0.632. The van der Waals surface area contributed by atoms with Crippen molar-refractivity contribution in [2.45, 2.75) is 45.3 Å². The second-order valence-corrected chi connectivity index (χ2v) is 7.44. The first-order valence-electron chi connectivity index (χ1n) is 8.69. The van der Waals surface area contributed by atoms with Crippen LogP contribution in [0.2, 0.25) is 0 Å². The molecule has 126 valence electrons. The number of fused-ring (bicyclic) bond motifs is 1. The van der Waals surface area contributed by atoms with E-state index in [2.05, 4.69) is 41.8 Å². The fourth-order valence-electron chi connectivity index (χ4n) is 4.27. The number of carbonyl (C=O) groups excluding carboxylic acids is 1. The van der Waals surface area contributed by atoms with Gasteiger partial charge in [-0.15, -0.1) is 0 Å². The predicted molar refractivity (Wildman–Crippen MR) is 93.4 cm³/mol. The monoisotopic (exact) mass is 315 g/mol. The third kappa shape index (κ3) is 3.59. The Kier molecular flexibility index (Phi) is 4.74. The Bertz CT molecular complexity index is 564. The molecule has 2 fully saturated rings. The zero-order valence-corrected chi connectivity index (χ0v) is 14.9. The lowest BCUT2D eigenvalue weighted by atomic mass is 10.1. The Morgan fingerprint density at radius 1 is 1.04 bits per heavy atom. The van der Waals surface area contributed by atoms with Gasteiger partial charge in [0.1, 0.15) is 0 Å². The molecule has 2 aliphatic heterocycles. The molecule has 4 heteroatoms. The number of benzene rings is 1. The van der Waals surface area contributed by atoms with E-state index < -0.39 is 0 Å². The van der Waals surface area contributed by atoms with Crippen molar-refractivity contribution < 1.29 is 4.79 Å². The Labute approximate surface area is 140 Å². The second kappa shape index (κ2) is 6.62. The number of rotatable bonds is 4. The van der Waals surface area contributed by atoms with Crippen LogP contribution in [0.3, 0.4) is 0 Å². The van der Waals surface area contributed by atoms with Gasteiger partial charge in [-0.05, 0) is 32.3 Å². The lowest BCUT2D eigenvalue weighted by Crippen LogP contribution is -2.41. The maximum atomic E-state index is 12.0. The Morgan fingerprint density at radius 3 is 2.22 bits per heavy atom. The minimum absolute atomic E-state index is 0.221. The van der Waals surface area contributed by atoms with Crippen LogP contribution in [-0.2, 0) is 11.3 Å². The highest BCUT2D eigenvalue weighted by Gasteiger charge is 2.42. The molecule has 23 heavy (non-hydrogen) atoms. The van der Waals surface area contributed by atoms with Crippen LogP contribution in [-0.4, -0.2) is 66.4 Å². The summed E-state index contributed by atoms with van der Waals surface area (Å²) in [5.41, 5.74) is 4.12. The number of hydrogen-bond donors (Lipinski definition) is 0. The van der Waals surface area contributed by atoms with Gasteiger partial charge >= 0.3 is 0 Å². The molecule has 0 radical (unpaired) electrons. The van der Waals surface area contributed by atoms with Crippen LogP contribution in [0, 0.1) is 13.8 Å². The molecule has 1 aromatic rings. The Hall–Kier alpha value is -1.39. The first-order valence-corrected chi connectivity index (χ1v) is 8.69. The van der Waals surface area contributed by atoms with E-state index in [1.165, 1.54) is 29.5 Å². The molecule has 2 saturated heterocycles. The molecule has 4 nitrogen and oxygen atoms in total. The van der Waals surface area contributed by atoms with Crippen molar-refractivity contribution in [2.75, 3.05) is 33.7 Å². The van der Waals surface area contributed by atoms with Crippen LogP contribution < -0.4 is 0 Å². The topological polar surface area (TPSA) is 26.8 Å². The zero-order chi connectivity index (χ0) is 16.6. The van der Waals surface area contributed by atoms with Crippen molar-refractivity contribution in [1.29, 1.82) is 0 Å². The van der Waals surface area contributed by atoms with Crippen molar-refractivity contribution in [2.24, 2.45) is 0 Å². The smallest absolute Gasteiger partial charge is 0.236 e. The van der Waals surface area contributed by atoms with Gasteiger partial charge in [-0.1, -0.05) is 29.3 Å². The highest BCUT2D eigenvalue weighted by Crippen LogP contribution is 2.32. The highest BCUT2D eigenvalue weighted by atomic mass is 16.2. The molecule has 3 rings (SSSR count). The minimum atomic E-state index is 0.221. The average Bonchev–Trinajstić information content (AvgIpc) is 3.02. The van der Waals surface area contributed by atoms with E-state index in [0.29, 0.717) is 18.6 Å². The molecule has 0 N–H and O–H groups in total. The highest BCUT2D eigenvalue weighted by molar-refractivity contribution is 5.77. The number of likely N-dealkylation sites (N-methyl/N-ethyl adjacent to an activating group) is 1. The number of hydrogen-bond acceptors (Lipinski definition) is 3. The molecule has 2 atom stereocenters. The molecule has 2 aliphatic rings. The molecule has 1 amide bonds. The number of likely N-dealkylation sites (tertiary alicyclic amines) is 2. The Morgan fingerprint density at radius 2 is 1.61 bits per heavy atom. The van der Waals surface area contributed by atoms with Gasteiger partial charge in [0.25, 0.3) is 0 Å². The SMILES string of the molecule is Cc1cc(C)cc(CN2CCC3C2CCN3CC(=O)N(C)C)c1. The minimum Gasteiger partial charge on any atom is -0.348 e. The van der Waals surface area contributed by atoms with Gasteiger partial charge in [0.15, 0.2) is 0 Å². The van der Waals surface area contributed by atoms with Crippen LogP contribution >= 0.6 is 0 Å². The van der Waals surface area contributed by atoms with Crippen molar-refractivity contribution in [1.82, 2.24) is 14.7 Å². The molecular formula is C19H29N3O. The third-order valence-corrected chi connectivity index (χ3v) is 5.31. The van der Waals surface area contributed by atoms with Crippen LogP contribution in [0.25, 0.3) is 0 Å². The van der Waals surface area contributed by atoms with Crippen molar-refractivity contribution in [3.05, 3.63) is 34.9 Å². The van der Waals surface area contributed by atoms with Crippen LogP contribution in [0.5, 0.6) is 0 Å². The van der Waals surface area contributed by atoms with Crippen molar-refractivity contribution in [3.63, 3.8) is 0 Å². The van der Waals surface area contributed by atoms with Crippen molar-refractivity contribution in [3.8, 4) is 0 Å². The van der Waals surface area contributed by atoms with E-state index in [4.69, 9.17) is 0 Å². The zero-order valence-electron chi connectivity index (χ0n) is 14.9. The second-order valence-electron chi connectivity index (χ2n) is 7.44. The third-order valence-electron chi connectivity index (χ3n) is 5.31. The summed E-state index contributed by atoms with van der Waals surface area (Å²) in [6.07, 6.45) is 2.38. The average molecular weight is 315 g/mol.